The summed E-state index contributed by atoms with van der Waals surface area (Å²) in [7, 11) is 0. The van der Waals surface area contributed by atoms with Gasteiger partial charge in [-0.05, 0) is 65.0 Å². The van der Waals surface area contributed by atoms with E-state index < -0.39 is 0 Å². The van der Waals surface area contributed by atoms with Crippen molar-refractivity contribution < 1.29 is 13.9 Å². The topological polar surface area (TPSA) is 26.3 Å². The minimum absolute atomic E-state index is 0.0639. The molecule has 0 aliphatic heterocycles. The summed E-state index contributed by atoms with van der Waals surface area (Å²) < 4.78 is 18.9. The van der Waals surface area contributed by atoms with Gasteiger partial charge in [0.1, 0.15) is 0 Å². The third-order valence-corrected chi connectivity index (χ3v) is 4.58. The van der Waals surface area contributed by atoms with Crippen LogP contribution in [0.15, 0.2) is 65.5 Å². The van der Waals surface area contributed by atoms with Crippen LogP contribution in [-0.2, 0) is 9.53 Å². The summed E-state index contributed by atoms with van der Waals surface area (Å²) >= 11 is 0. The predicted octanol–water partition coefficient (Wildman–Crippen LogP) is 7.47. The normalized spacial score (nSPS) is 12.3. The highest BCUT2D eigenvalue weighted by molar-refractivity contribution is 5.69. The quantitative estimate of drug-likeness (QED) is 0.155. The molecule has 0 fully saturated rings. The van der Waals surface area contributed by atoms with Gasteiger partial charge in [0.25, 0.3) is 0 Å². The molecule has 0 N–H and O–H groups in total. The number of hydrogen-bond acceptors (Lipinski definition) is 2. The highest BCUT2D eigenvalue weighted by atomic mass is 19.1. The molecule has 162 valence electrons. The lowest BCUT2D eigenvalue weighted by molar-refractivity contribution is -0.143. The number of rotatable bonds is 12. The number of unbranched alkanes of at least 4 members (excludes halogenated alkanes) is 1. The van der Waals surface area contributed by atoms with Gasteiger partial charge in [0, 0.05) is 24.8 Å². The van der Waals surface area contributed by atoms with E-state index in [2.05, 4.69) is 24.8 Å². The molecule has 0 aromatic heterocycles. The van der Waals surface area contributed by atoms with Crippen LogP contribution in [-0.4, -0.2) is 12.6 Å². The first-order valence-electron chi connectivity index (χ1n) is 10.9. The summed E-state index contributed by atoms with van der Waals surface area (Å²) in [5, 5.41) is 0. The molecule has 0 heterocycles. The zero-order chi connectivity index (χ0) is 22.0. The molecule has 3 heteroatoms. The molecular formula is C27H35FO2. The zero-order valence-electron chi connectivity index (χ0n) is 18.7. The van der Waals surface area contributed by atoms with E-state index >= 15 is 0 Å². The van der Waals surface area contributed by atoms with Crippen LogP contribution in [0.3, 0.4) is 0 Å². The van der Waals surface area contributed by atoms with Crippen LogP contribution in [0, 0.1) is 11.8 Å². The average Bonchev–Trinajstić information content (AvgIpc) is 2.73. The Bertz CT molecular complexity index is 776. The summed E-state index contributed by atoms with van der Waals surface area (Å²) in [4.78, 5) is 11.3. The monoisotopic (exact) mass is 410 g/mol. The Morgan fingerprint density at radius 2 is 1.60 bits per heavy atom. The number of hydrogen-bond donors (Lipinski definition) is 0. The van der Waals surface area contributed by atoms with Gasteiger partial charge in [0.05, 0.1) is 12.4 Å². The molecule has 1 aromatic carbocycles. The Kier molecular flexibility index (Phi) is 13.8. The lowest BCUT2D eigenvalue weighted by Crippen LogP contribution is -2.03. The van der Waals surface area contributed by atoms with Crippen LogP contribution in [0.2, 0.25) is 0 Å². The van der Waals surface area contributed by atoms with E-state index in [0.29, 0.717) is 32.3 Å². The van der Waals surface area contributed by atoms with Crippen molar-refractivity contribution in [2.45, 2.75) is 72.1 Å². The van der Waals surface area contributed by atoms with Gasteiger partial charge < -0.3 is 4.74 Å². The van der Waals surface area contributed by atoms with Crippen molar-refractivity contribution in [3.8, 4) is 11.8 Å². The highest BCUT2D eigenvalue weighted by Crippen LogP contribution is 2.14. The Balaban J connectivity index is 2.20. The number of carbonyl (C=O) groups excluding carboxylic acids is 1. The molecule has 0 unspecified atom stereocenters. The fraction of sp³-hybridized carbons (Fsp3) is 0.444. The average molecular weight is 411 g/mol. The third-order valence-electron chi connectivity index (χ3n) is 4.58. The fourth-order valence-electron chi connectivity index (χ4n) is 2.83. The van der Waals surface area contributed by atoms with Gasteiger partial charge in [-0.3, -0.25) is 4.79 Å². The summed E-state index contributed by atoms with van der Waals surface area (Å²) in [6.07, 6.45) is 11.4. The van der Waals surface area contributed by atoms with Crippen LogP contribution in [0.4, 0.5) is 4.39 Å². The van der Waals surface area contributed by atoms with Crippen LogP contribution >= 0.6 is 0 Å². The smallest absolute Gasteiger partial charge is 0.306 e. The molecule has 0 radical (unpaired) electrons. The first-order valence-corrected chi connectivity index (χ1v) is 10.9. The van der Waals surface area contributed by atoms with Crippen molar-refractivity contribution in [2.75, 3.05) is 6.61 Å². The van der Waals surface area contributed by atoms with Gasteiger partial charge >= 0.3 is 5.97 Å². The van der Waals surface area contributed by atoms with E-state index in [9.17, 15) is 9.18 Å². The molecule has 0 saturated carbocycles. The summed E-state index contributed by atoms with van der Waals surface area (Å²) in [5.74, 6) is 6.10. The Hall–Kier alpha value is -2.60. The van der Waals surface area contributed by atoms with E-state index in [-0.39, 0.29) is 11.8 Å². The molecule has 0 atom stereocenters. The standard InChI is InChI=1S/C27H35FO2/c1-4-30-27(29)22-21-24(3)15-12-20-26(28)19-11-14-23(2)13-7-5-8-16-25-17-9-6-10-18-25/h6,9-10,13,15,17-19H,4-5,7,11-12,14,20-22H2,1-3H3/b23-13+,24-15+,26-19-. The summed E-state index contributed by atoms with van der Waals surface area (Å²) in [6.45, 7) is 6.27. The largest absolute Gasteiger partial charge is 0.466 e. The number of allylic oxidation sites excluding steroid dienone is 6. The maximum atomic E-state index is 14.0. The lowest BCUT2D eigenvalue weighted by atomic mass is 10.1. The molecule has 0 aliphatic carbocycles. The summed E-state index contributed by atoms with van der Waals surface area (Å²) in [5.41, 5.74) is 3.42. The van der Waals surface area contributed by atoms with Crippen LogP contribution in [0.25, 0.3) is 0 Å². The number of carbonyl (C=O) groups is 1. The number of halogens is 1. The highest BCUT2D eigenvalue weighted by Gasteiger charge is 2.02. The van der Waals surface area contributed by atoms with Crippen LogP contribution in [0.5, 0.6) is 0 Å². The number of ether oxygens (including phenoxy) is 1. The molecule has 2 nitrogen and oxygen atoms in total. The van der Waals surface area contributed by atoms with Gasteiger partial charge in [0.15, 0.2) is 0 Å². The first-order chi connectivity index (χ1) is 14.5. The van der Waals surface area contributed by atoms with E-state index in [1.807, 2.05) is 43.3 Å². The van der Waals surface area contributed by atoms with Crippen LogP contribution in [0.1, 0.15) is 77.7 Å². The van der Waals surface area contributed by atoms with E-state index in [0.717, 1.165) is 36.8 Å². The SMILES string of the molecule is CCOC(=O)CC/C(C)=C/CC/C(F)=C/CC/C(C)=C/CCC#Cc1ccccc1. The number of benzene rings is 1. The Morgan fingerprint density at radius 3 is 2.33 bits per heavy atom. The molecular weight excluding hydrogens is 375 g/mol. The second kappa shape index (κ2) is 16.2. The van der Waals surface area contributed by atoms with Crippen molar-refractivity contribution in [2.24, 2.45) is 0 Å². The summed E-state index contributed by atoms with van der Waals surface area (Å²) in [6, 6.07) is 9.99. The Labute approximate surface area is 181 Å². The van der Waals surface area contributed by atoms with Crippen LogP contribution < -0.4 is 0 Å². The molecule has 0 amide bonds. The zero-order valence-corrected chi connectivity index (χ0v) is 18.7. The molecule has 1 aromatic rings. The predicted molar refractivity (Wildman–Crippen MR) is 124 cm³/mol. The van der Waals surface area contributed by atoms with Crippen molar-refractivity contribution in [3.63, 3.8) is 0 Å². The van der Waals surface area contributed by atoms with Gasteiger partial charge in [-0.25, -0.2) is 4.39 Å². The second-order valence-electron chi connectivity index (χ2n) is 7.34. The third kappa shape index (κ3) is 13.6. The van der Waals surface area contributed by atoms with E-state index in [1.54, 1.807) is 13.0 Å². The minimum atomic E-state index is -0.178. The maximum absolute atomic E-state index is 14.0. The van der Waals surface area contributed by atoms with Crippen molar-refractivity contribution in [1.29, 1.82) is 0 Å². The molecule has 0 aliphatic rings. The first kappa shape index (κ1) is 25.4. The fourth-order valence-corrected chi connectivity index (χ4v) is 2.83. The second-order valence-corrected chi connectivity index (χ2v) is 7.34. The molecule has 0 spiro atoms. The minimum Gasteiger partial charge on any atom is -0.466 e. The van der Waals surface area contributed by atoms with Gasteiger partial charge in [-0.2, -0.15) is 0 Å². The molecule has 1 rings (SSSR count). The van der Waals surface area contributed by atoms with E-state index in [1.165, 1.54) is 5.57 Å². The van der Waals surface area contributed by atoms with Gasteiger partial charge in [-0.1, -0.05) is 59.4 Å². The van der Waals surface area contributed by atoms with Gasteiger partial charge in [-0.15, -0.1) is 0 Å². The molecule has 0 saturated heterocycles. The van der Waals surface area contributed by atoms with Crippen molar-refractivity contribution in [1.82, 2.24) is 0 Å². The molecule has 0 bridgehead atoms. The lowest BCUT2D eigenvalue weighted by Gasteiger charge is -2.02. The van der Waals surface area contributed by atoms with E-state index in [4.69, 9.17) is 4.74 Å². The van der Waals surface area contributed by atoms with Crippen molar-refractivity contribution >= 4 is 5.97 Å². The maximum Gasteiger partial charge on any atom is 0.306 e. The van der Waals surface area contributed by atoms with Crippen molar-refractivity contribution in [3.05, 3.63) is 71.1 Å². The van der Waals surface area contributed by atoms with Gasteiger partial charge in [0.2, 0.25) is 0 Å². The Morgan fingerprint density at radius 1 is 0.933 bits per heavy atom. The number of esters is 1. The molecule has 30 heavy (non-hydrogen) atoms.